The van der Waals surface area contributed by atoms with Crippen molar-refractivity contribution in [2.45, 2.75) is 38.5 Å². The molecule has 1 aromatic heterocycles. The number of hydrogen-bond donors (Lipinski definition) is 2. The van der Waals surface area contributed by atoms with Crippen LogP contribution in [0.15, 0.2) is 36.4 Å². The van der Waals surface area contributed by atoms with E-state index in [1.165, 1.54) is 28.9 Å². The minimum atomic E-state index is -4.52. The summed E-state index contributed by atoms with van der Waals surface area (Å²) in [7, 11) is -3.74. The van der Waals surface area contributed by atoms with Gasteiger partial charge in [-0.3, -0.25) is 14.3 Å². The number of anilines is 1. The van der Waals surface area contributed by atoms with Crippen LogP contribution in [0.4, 0.5) is 23.2 Å². The Morgan fingerprint density at radius 2 is 1.98 bits per heavy atom. The van der Waals surface area contributed by atoms with Crippen LogP contribution in [0.1, 0.15) is 41.0 Å². The fraction of sp³-hybridized carbons (Fsp3) is 0.333. The molecule has 2 N–H and O–H groups in total. The van der Waals surface area contributed by atoms with Crippen molar-refractivity contribution in [3.63, 3.8) is 0 Å². The quantitative estimate of drug-likeness (QED) is 0.372. The molecule has 2 heterocycles. The third kappa shape index (κ3) is 6.54. The Bertz CT molecular complexity index is 1730. The van der Waals surface area contributed by atoms with Crippen LogP contribution in [0.3, 0.4) is 0 Å². The molecule has 4 rings (SSSR count). The number of fused-ring (bicyclic) bond motifs is 1. The van der Waals surface area contributed by atoms with Gasteiger partial charge in [-0.05, 0) is 48.7 Å². The highest BCUT2D eigenvalue weighted by Gasteiger charge is 2.41. The lowest BCUT2D eigenvalue weighted by Crippen LogP contribution is -2.52. The van der Waals surface area contributed by atoms with Crippen LogP contribution >= 0.6 is 0 Å². The molecule has 15 heteroatoms. The van der Waals surface area contributed by atoms with E-state index in [0.717, 1.165) is 12.3 Å². The summed E-state index contributed by atoms with van der Waals surface area (Å²) in [6.07, 6.45) is -3.27. The Balaban J connectivity index is 1.79. The predicted molar refractivity (Wildman–Crippen MR) is 143 cm³/mol. The van der Waals surface area contributed by atoms with Gasteiger partial charge >= 0.3 is 6.18 Å². The largest absolute Gasteiger partial charge is 0.484 e. The molecular weight excluding hydrogens is 582 g/mol. The van der Waals surface area contributed by atoms with Crippen molar-refractivity contribution in [3.05, 3.63) is 64.6 Å². The van der Waals surface area contributed by atoms with E-state index >= 15 is 0 Å². The summed E-state index contributed by atoms with van der Waals surface area (Å²) in [5.74, 6) is -3.41. The van der Waals surface area contributed by atoms with Gasteiger partial charge in [-0.2, -0.15) is 23.5 Å². The number of sulfone groups is 1. The van der Waals surface area contributed by atoms with Crippen molar-refractivity contribution in [1.82, 2.24) is 15.1 Å². The number of nitriles is 1. The predicted octanol–water partition coefficient (Wildman–Crippen LogP) is 3.71. The molecule has 1 aliphatic heterocycles. The summed E-state index contributed by atoms with van der Waals surface area (Å²) in [5, 5.41) is 18.8. The Morgan fingerprint density at radius 3 is 2.57 bits per heavy atom. The number of amides is 2. The number of aromatic nitrogens is 2. The second-order valence-corrected chi connectivity index (χ2v) is 12.2. The summed E-state index contributed by atoms with van der Waals surface area (Å²) in [6, 6.07) is 9.63. The van der Waals surface area contributed by atoms with E-state index < -0.39 is 51.5 Å². The van der Waals surface area contributed by atoms with Gasteiger partial charge in [-0.1, -0.05) is 19.1 Å². The number of halogens is 4. The zero-order valence-electron chi connectivity index (χ0n) is 22.6. The van der Waals surface area contributed by atoms with Gasteiger partial charge in [0, 0.05) is 11.8 Å². The van der Waals surface area contributed by atoms with E-state index in [1.54, 1.807) is 26.0 Å². The molecule has 1 aliphatic rings. The summed E-state index contributed by atoms with van der Waals surface area (Å²) in [6.45, 7) is 1.99. The maximum atomic E-state index is 14.5. The molecule has 0 fully saturated rings. The van der Waals surface area contributed by atoms with Gasteiger partial charge in [0.15, 0.2) is 22.1 Å². The normalized spacial score (nSPS) is 16.8. The number of rotatable bonds is 8. The SMILES string of the molecule is CCc1cc(OCC(F)(F)F)ccc1[C@@]1(C)Cn2nc(-c3ccc(C#N)c(F)c3)c(NC(=O)CS(C)(=O)=O)c2C(=O)N1. The third-order valence-electron chi connectivity index (χ3n) is 6.50. The molecule has 1 atom stereocenters. The molecule has 0 unspecified atom stereocenters. The molecule has 2 aromatic carbocycles. The van der Waals surface area contributed by atoms with Crippen molar-refractivity contribution in [2.24, 2.45) is 0 Å². The van der Waals surface area contributed by atoms with E-state index in [2.05, 4.69) is 15.7 Å². The zero-order valence-corrected chi connectivity index (χ0v) is 23.4. The van der Waals surface area contributed by atoms with Crippen molar-refractivity contribution in [3.8, 4) is 23.1 Å². The maximum Gasteiger partial charge on any atom is 0.422 e. The van der Waals surface area contributed by atoms with Gasteiger partial charge in [-0.15, -0.1) is 0 Å². The van der Waals surface area contributed by atoms with Crippen molar-refractivity contribution in [1.29, 1.82) is 5.26 Å². The van der Waals surface area contributed by atoms with Gasteiger partial charge in [0.1, 0.15) is 34.8 Å². The highest BCUT2D eigenvalue weighted by Crippen LogP contribution is 2.38. The lowest BCUT2D eigenvalue weighted by atomic mass is 9.85. The number of hydrogen-bond acceptors (Lipinski definition) is 7. The monoisotopic (exact) mass is 607 g/mol. The highest BCUT2D eigenvalue weighted by molar-refractivity contribution is 7.91. The first-order valence-corrected chi connectivity index (χ1v) is 14.5. The van der Waals surface area contributed by atoms with E-state index in [4.69, 9.17) is 10.00 Å². The molecular formula is C27H25F4N5O5S. The third-order valence-corrected chi connectivity index (χ3v) is 7.28. The molecule has 0 saturated heterocycles. The lowest BCUT2D eigenvalue weighted by molar-refractivity contribution is -0.153. The van der Waals surface area contributed by atoms with E-state index in [9.17, 15) is 35.6 Å². The number of alkyl halides is 3. The van der Waals surface area contributed by atoms with Crippen LogP contribution in [0.25, 0.3) is 11.3 Å². The topological polar surface area (TPSA) is 143 Å². The number of aryl methyl sites for hydroxylation is 1. The van der Waals surface area contributed by atoms with Crippen LogP contribution in [-0.2, 0) is 33.1 Å². The molecule has 0 spiro atoms. The molecule has 0 radical (unpaired) electrons. The highest BCUT2D eigenvalue weighted by atomic mass is 32.2. The molecule has 0 aliphatic carbocycles. The summed E-state index contributed by atoms with van der Waals surface area (Å²) in [5.41, 5.74) is -0.414. The van der Waals surface area contributed by atoms with Crippen LogP contribution in [0.5, 0.6) is 5.75 Å². The van der Waals surface area contributed by atoms with Crippen molar-refractivity contribution in [2.75, 3.05) is 23.9 Å². The number of carbonyl (C=O) groups is 2. The first kappa shape index (κ1) is 30.5. The van der Waals surface area contributed by atoms with Crippen LogP contribution in [0.2, 0.25) is 0 Å². The van der Waals surface area contributed by atoms with Crippen LogP contribution in [0, 0.1) is 17.1 Å². The van der Waals surface area contributed by atoms with Gasteiger partial charge in [0.2, 0.25) is 5.91 Å². The standard InChI is InChI=1S/C27H25F4N5O5S/c1-4-15-9-18(41-14-27(29,30)31)7-8-19(15)26(2)13-36-24(25(38)34-26)23(33-21(37)12-42(3,39)40)22(35-36)16-5-6-17(11-32)20(28)10-16/h5-10H,4,12-14H2,1-3H3,(H,33,37)(H,34,38)/t26-/m1/s1. The number of carbonyl (C=O) groups excluding carboxylic acids is 2. The van der Waals surface area contributed by atoms with Gasteiger partial charge < -0.3 is 15.4 Å². The molecule has 0 saturated carbocycles. The fourth-order valence-corrected chi connectivity index (χ4v) is 5.30. The number of benzene rings is 2. The average molecular weight is 608 g/mol. The van der Waals surface area contributed by atoms with Gasteiger partial charge in [0.05, 0.1) is 17.6 Å². The first-order chi connectivity index (χ1) is 19.5. The van der Waals surface area contributed by atoms with Crippen LogP contribution < -0.4 is 15.4 Å². The number of nitrogens with one attached hydrogen (secondary N) is 2. The maximum absolute atomic E-state index is 14.5. The van der Waals surface area contributed by atoms with Crippen LogP contribution in [-0.4, -0.2) is 54.8 Å². The van der Waals surface area contributed by atoms with E-state index in [1.807, 2.05) is 0 Å². The Labute approximate surface area is 238 Å². The minimum Gasteiger partial charge on any atom is -0.484 e. The van der Waals surface area contributed by atoms with Gasteiger partial charge in [-0.25, -0.2) is 12.8 Å². The average Bonchev–Trinajstić information content (AvgIpc) is 3.23. The molecule has 222 valence electrons. The second-order valence-electron chi connectivity index (χ2n) is 10.0. The molecule has 0 bridgehead atoms. The minimum absolute atomic E-state index is 0.000516. The number of ether oxygens (including phenoxy) is 1. The van der Waals surface area contributed by atoms with E-state index in [-0.39, 0.29) is 40.5 Å². The molecule has 42 heavy (non-hydrogen) atoms. The fourth-order valence-electron chi connectivity index (χ4n) is 4.75. The number of nitrogens with zero attached hydrogens (tertiary/aromatic N) is 3. The lowest BCUT2D eigenvalue weighted by Gasteiger charge is -2.37. The Morgan fingerprint density at radius 1 is 1.26 bits per heavy atom. The van der Waals surface area contributed by atoms with Crippen molar-refractivity contribution >= 4 is 27.3 Å². The second kappa shape index (κ2) is 11.1. The summed E-state index contributed by atoms with van der Waals surface area (Å²) in [4.78, 5) is 26.1. The summed E-state index contributed by atoms with van der Waals surface area (Å²) >= 11 is 0. The Kier molecular flexibility index (Phi) is 8.05. The molecule has 2 amide bonds. The van der Waals surface area contributed by atoms with E-state index in [0.29, 0.717) is 17.5 Å². The van der Waals surface area contributed by atoms with Gasteiger partial charge in [0.25, 0.3) is 5.91 Å². The molecule has 3 aromatic rings. The smallest absolute Gasteiger partial charge is 0.422 e. The molecule has 10 nitrogen and oxygen atoms in total. The Hall–Kier alpha value is -4.45. The summed E-state index contributed by atoms with van der Waals surface area (Å²) < 4.78 is 82.0. The first-order valence-electron chi connectivity index (χ1n) is 12.5. The zero-order chi connectivity index (χ0) is 31.0. The van der Waals surface area contributed by atoms with Crippen molar-refractivity contribution < 1.29 is 40.3 Å².